The predicted octanol–water partition coefficient (Wildman–Crippen LogP) is 2.36. The number of fused-ring (bicyclic) bond motifs is 3. The summed E-state index contributed by atoms with van der Waals surface area (Å²) >= 11 is 6.32. The number of carbonyl (C=O) groups excluding carboxylic acids is 1. The van der Waals surface area contributed by atoms with E-state index in [1.54, 1.807) is 18.5 Å². The number of nitrogens with zero attached hydrogens (tertiary/aromatic N) is 2. The van der Waals surface area contributed by atoms with Crippen LogP contribution in [-0.2, 0) is 9.53 Å². The Balaban J connectivity index is 1.67. The summed E-state index contributed by atoms with van der Waals surface area (Å²) in [7, 11) is 0. The molecule has 0 spiro atoms. The van der Waals surface area contributed by atoms with Gasteiger partial charge in [-0.3, -0.25) is 14.7 Å². The number of aromatic nitrogens is 2. The molecular weight excluding hydrogens is 366 g/mol. The van der Waals surface area contributed by atoms with Gasteiger partial charge < -0.3 is 20.8 Å². The quantitative estimate of drug-likeness (QED) is 0.638. The molecule has 4 N–H and O–H groups in total. The first-order valence-corrected chi connectivity index (χ1v) is 9.34. The van der Waals surface area contributed by atoms with E-state index in [-0.39, 0.29) is 18.0 Å². The Morgan fingerprint density at radius 1 is 1.52 bits per heavy atom. The molecule has 27 heavy (non-hydrogen) atoms. The van der Waals surface area contributed by atoms with Crippen molar-refractivity contribution in [2.24, 2.45) is 5.73 Å². The number of morpholine rings is 1. The van der Waals surface area contributed by atoms with E-state index in [4.69, 9.17) is 22.1 Å². The number of carbonyl (C=O) groups is 1. The SMILES string of the molecule is C[C@H](N)CN1CCOC[C@H]1C(=O)Nc1cc(Cl)cc2c1[nH]c1cnccc12. The number of ether oxygens (including phenoxy) is 1. The number of pyridine rings is 1. The van der Waals surface area contributed by atoms with Crippen LogP contribution in [0, 0.1) is 0 Å². The molecule has 1 aliphatic rings. The summed E-state index contributed by atoms with van der Waals surface area (Å²) in [6, 6.07) is 5.17. The molecule has 0 saturated carbocycles. The fourth-order valence-electron chi connectivity index (χ4n) is 3.60. The van der Waals surface area contributed by atoms with Gasteiger partial charge in [0.25, 0.3) is 0 Å². The number of benzene rings is 1. The lowest BCUT2D eigenvalue weighted by atomic mass is 10.1. The molecule has 3 heterocycles. The van der Waals surface area contributed by atoms with E-state index in [0.717, 1.165) is 21.8 Å². The molecule has 1 aromatic carbocycles. The molecule has 3 aromatic rings. The predicted molar refractivity (Wildman–Crippen MR) is 107 cm³/mol. The monoisotopic (exact) mass is 387 g/mol. The zero-order valence-electron chi connectivity index (χ0n) is 15.0. The Morgan fingerprint density at radius 3 is 3.19 bits per heavy atom. The van der Waals surface area contributed by atoms with Gasteiger partial charge >= 0.3 is 0 Å². The Labute approximate surface area is 161 Å². The second-order valence-electron chi connectivity index (χ2n) is 6.97. The molecule has 8 heteroatoms. The van der Waals surface area contributed by atoms with Crippen LogP contribution in [0.15, 0.2) is 30.6 Å². The van der Waals surface area contributed by atoms with Crippen LogP contribution in [-0.4, -0.2) is 59.2 Å². The standard InChI is InChI=1S/C19H22ClN5O2/c1-11(21)9-25-4-5-27-10-17(25)19(26)24-15-7-12(20)6-14-13-2-3-22-8-16(13)23-18(14)15/h2-3,6-8,11,17,23H,4-5,9-10,21H2,1H3,(H,24,26)/t11-,17-/m0/s1. The van der Waals surface area contributed by atoms with Crippen molar-refractivity contribution in [3.05, 3.63) is 35.6 Å². The van der Waals surface area contributed by atoms with E-state index in [9.17, 15) is 4.79 Å². The number of hydrogen-bond donors (Lipinski definition) is 3. The Hall–Kier alpha value is -2.19. The van der Waals surface area contributed by atoms with E-state index < -0.39 is 0 Å². The molecule has 4 rings (SSSR count). The number of H-pyrrole nitrogens is 1. The van der Waals surface area contributed by atoms with Gasteiger partial charge in [-0.1, -0.05) is 11.6 Å². The third-order valence-electron chi connectivity index (χ3n) is 4.80. The van der Waals surface area contributed by atoms with Crippen LogP contribution in [0.25, 0.3) is 21.8 Å². The Kier molecular flexibility index (Phi) is 5.01. The minimum absolute atomic E-state index is 0.0162. The molecule has 1 aliphatic heterocycles. The number of rotatable bonds is 4. The van der Waals surface area contributed by atoms with Crippen molar-refractivity contribution >= 4 is 45.0 Å². The molecule has 0 radical (unpaired) electrons. The van der Waals surface area contributed by atoms with Crippen molar-refractivity contribution in [1.82, 2.24) is 14.9 Å². The lowest BCUT2D eigenvalue weighted by Crippen LogP contribution is -2.54. The maximum absolute atomic E-state index is 13.0. The Bertz CT molecular complexity index is 987. The highest BCUT2D eigenvalue weighted by Gasteiger charge is 2.30. The van der Waals surface area contributed by atoms with Gasteiger partial charge in [0.1, 0.15) is 6.04 Å². The third kappa shape index (κ3) is 3.64. The smallest absolute Gasteiger partial charge is 0.244 e. The van der Waals surface area contributed by atoms with E-state index in [1.165, 1.54) is 0 Å². The number of nitrogens with two attached hydrogens (primary N) is 1. The van der Waals surface area contributed by atoms with Gasteiger partial charge in [0.05, 0.1) is 36.1 Å². The van der Waals surface area contributed by atoms with Gasteiger partial charge in [-0.25, -0.2) is 0 Å². The molecule has 0 unspecified atom stereocenters. The average molecular weight is 388 g/mol. The second-order valence-corrected chi connectivity index (χ2v) is 7.41. The molecule has 0 bridgehead atoms. The Morgan fingerprint density at radius 2 is 2.37 bits per heavy atom. The summed E-state index contributed by atoms with van der Waals surface area (Å²) in [6.45, 7) is 4.21. The molecule has 2 atom stereocenters. The maximum Gasteiger partial charge on any atom is 0.244 e. The van der Waals surface area contributed by atoms with Gasteiger partial charge in [0, 0.05) is 41.1 Å². The summed E-state index contributed by atoms with van der Waals surface area (Å²) in [5.74, 6) is -0.129. The normalized spacial score (nSPS) is 19.4. The van der Waals surface area contributed by atoms with Crippen LogP contribution >= 0.6 is 11.6 Å². The highest BCUT2D eigenvalue weighted by molar-refractivity contribution is 6.32. The lowest BCUT2D eigenvalue weighted by Gasteiger charge is -2.35. The van der Waals surface area contributed by atoms with Gasteiger partial charge in [-0.15, -0.1) is 0 Å². The fraction of sp³-hybridized carbons (Fsp3) is 0.368. The number of amides is 1. The van der Waals surface area contributed by atoms with Crippen molar-refractivity contribution < 1.29 is 9.53 Å². The molecule has 0 aliphatic carbocycles. The lowest BCUT2D eigenvalue weighted by molar-refractivity contribution is -0.127. The van der Waals surface area contributed by atoms with Crippen molar-refractivity contribution in [3.63, 3.8) is 0 Å². The largest absolute Gasteiger partial charge is 0.378 e. The summed E-state index contributed by atoms with van der Waals surface area (Å²) in [6.07, 6.45) is 3.49. The molecule has 2 aromatic heterocycles. The van der Waals surface area contributed by atoms with Crippen molar-refractivity contribution in [1.29, 1.82) is 0 Å². The fourth-order valence-corrected chi connectivity index (χ4v) is 3.82. The van der Waals surface area contributed by atoms with Crippen LogP contribution in [0.1, 0.15) is 6.92 Å². The zero-order valence-corrected chi connectivity index (χ0v) is 15.8. The molecule has 1 fully saturated rings. The first-order chi connectivity index (χ1) is 13.0. The summed E-state index contributed by atoms with van der Waals surface area (Å²) < 4.78 is 5.53. The molecule has 142 valence electrons. The van der Waals surface area contributed by atoms with Crippen LogP contribution in [0.3, 0.4) is 0 Å². The number of hydrogen-bond acceptors (Lipinski definition) is 5. The van der Waals surface area contributed by atoms with Gasteiger partial charge in [-0.2, -0.15) is 0 Å². The van der Waals surface area contributed by atoms with E-state index in [2.05, 4.69) is 20.2 Å². The van der Waals surface area contributed by atoms with Gasteiger partial charge in [0.2, 0.25) is 5.91 Å². The van der Waals surface area contributed by atoms with Crippen LogP contribution in [0.2, 0.25) is 5.02 Å². The van der Waals surface area contributed by atoms with Crippen molar-refractivity contribution in [3.8, 4) is 0 Å². The number of halogens is 1. The van der Waals surface area contributed by atoms with Gasteiger partial charge in [-0.05, 0) is 25.1 Å². The highest BCUT2D eigenvalue weighted by Crippen LogP contribution is 2.33. The second kappa shape index (κ2) is 7.44. The first kappa shape index (κ1) is 18.2. The van der Waals surface area contributed by atoms with E-state index >= 15 is 0 Å². The summed E-state index contributed by atoms with van der Waals surface area (Å²) in [5.41, 5.74) is 8.30. The number of anilines is 1. The first-order valence-electron chi connectivity index (χ1n) is 8.96. The minimum Gasteiger partial charge on any atom is -0.378 e. The van der Waals surface area contributed by atoms with Gasteiger partial charge in [0.15, 0.2) is 0 Å². The zero-order chi connectivity index (χ0) is 19.0. The van der Waals surface area contributed by atoms with E-state index in [0.29, 0.717) is 37.0 Å². The minimum atomic E-state index is -0.384. The summed E-state index contributed by atoms with van der Waals surface area (Å²) in [5, 5.41) is 5.54. The van der Waals surface area contributed by atoms with Crippen LogP contribution < -0.4 is 11.1 Å². The topological polar surface area (TPSA) is 96.3 Å². The van der Waals surface area contributed by atoms with Crippen molar-refractivity contribution in [2.45, 2.75) is 19.0 Å². The number of aromatic amines is 1. The molecule has 1 amide bonds. The van der Waals surface area contributed by atoms with Crippen LogP contribution in [0.4, 0.5) is 5.69 Å². The summed E-state index contributed by atoms with van der Waals surface area (Å²) in [4.78, 5) is 22.5. The van der Waals surface area contributed by atoms with E-state index in [1.807, 2.05) is 19.1 Å². The molecule has 1 saturated heterocycles. The molecular formula is C19H22ClN5O2. The third-order valence-corrected chi connectivity index (χ3v) is 5.01. The van der Waals surface area contributed by atoms with Crippen LogP contribution in [0.5, 0.6) is 0 Å². The average Bonchev–Trinajstić information content (AvgIpc) is 3.00. The number of nitrogens with one attached hydrogen (secondary N) is 2. The van der Waals surface area contributed by atoms with Crippen molar-refractivity contribution in [2.75, 3.05) is 31.6 Å². The maximum atomic E-state index is 13.0. The molecule has 7 nitrogen and oxygen atoms in total. The highest BCUT2D eigenvalue weighted by atomic mass is 35.5.